The van der Waals surface area contributed by atoms with Crippen molar-refractivity contribution in [2.24, 2.45) is 0 Å². The third kappa shape index (κ3) is 4.55. The Bertz CT molecular complexity index is 515. The standard InChI is InChI=1S/C16H22N4O/c1-20(14-6-4-9-18-10-8-14)12-16(21)19-15-7-3-2-5-13(15)11-17/h2-3,5,7,14,18H,4,6,8-10,12H2,1H3,(H,19,21). The van der Waals surface area contributed by atoms with Crippen LogP contribution >= 0.6 is 0 Å². The Hall–Kier alpha value is -1.90. The number of nitriles is 1. The zero-order valence-electron chi connectivity index (χ0n) is 12.4. The van der Waals surface area contributed by atoms with Crippen LogP contribution in [0.3, 0.4) is 0 Å². The molecular formula is C16H22N4O. The number of rotatable bonds is 4. The highest BCUT2D eigenvalue weighted by Crippen LogP contribution is 2.15. The van der Waals surface area contributed by atoms with Crippen LogP contribution in [0.25, 0.3) is 0 Å². The molecule has 0 aliphatic carbocycles. The van der Waals surface area contributed by atoms with Gasteiger partial charge in [0.15, 0.2) is 0 Å². The number of anilines is 1. The number of carbonyl (C=O) groups excluding carboxylic acids is 1. The molecule has 5 heteroatoms. The fourth-order valence-corrected chi connectivity index (χ4v) is 2.68. The van der Waals surface area contributed by atoms with E-state index in [1.807, 2.05) is 13.1 Å². The molecule has 1 aliphatic heterocycles. The fraction of sp³-hybridized carbons (Fsp3) is 0.500. The second-order valence-electron chi connectivity index (χ2n) is 5.46. The van der Waals surface area contributed by atoms with Gasteiger partial charge in [0.25, 0.3) is 0 Å². The Morgan fingerprint density at radius 1 is 1.43 bits per heavy atom. The summed E-state index contributed by atoms with van der Waals surface area (Å²) in [5.74, 6) is -0.0718. The highest BCUT2D eigenvalue weighted by atomic mass is 16.2. The average Bonchev–Trinajstić information content (AvgIpc) is 2.76. The first kappa shape index (κ1) is 15.5. The summed E-state index contributed by atoms with van der Waals surface area (Å²) in [6.07, 6.45) is 3.33. The summed E-state index contributed by atoms with van der Waals surface area (Å²) in [7, 11) is 1.99. The van der Waals surface area contributed by atoms with Gasteiger partial charge in [-0.05, 0) is 51.5 Å². The van der Waals surface area contributed by atoms with Crippen LogP contribution in [-0.4, -0.2) is 43.5 Å². The van der Waals surface area contributed by atoms with Crippen LogP contribution in [0.1, 0.15) is 24.8 Å². The summed E-state index contributed by atoms with van der Waals surface area (Å²) in [5.41, 5.74) is 1.08. The van der Waals surface area contributed by atoms with E-state index in [9.17, 15) is 4.79 Å². The van der Waals surface area contributed by atoms with Crippen molar-refractivity contribution < 1.29 is 4.79 Å². The molecule has 1 aromatic rings. The molecule has 0 aromatic heterocycles. The zero-order valence-corrected chi connectivity index (χ0v) is 12.4. The van der Waals surface area contributed by atoms with Crippen molar-refractivity contribution in [2.75, 3.05) is 32.0 Å². The van der Waals surface area contributed by atoms with Gasteiger partial charge in [-0.2, -0.15) is 5.26 Å². The normalized spacial score (nSPS) is 18.8. The molecule has 0 saturated carbocycles. The van der Waals surface area contributed by atoms with E-state index in [4.69, 9.17) is 5.26 Å². The molecule has 2 rings (SSSR count). The van der Waals surface area contributed by atoms with Crippen LogP contribution in [0.2, 0.25) is 0 Å². The quantitative estimate of drug-likeness (QED) is 0.881. The van der Waals surface area contributed by atoms with Gasteiger partial charge < -0.3 is 10.6 Å². The topological polar surface area (TPSA) is 68.2 Å². The van der Waals surface area contributed by atoms with E-state index >= 15 is 0 Å². The predicted molar refractivity (Wildman–Crippen MR) is 82.9 cm³/mol. The van der Waals surface area contributed by atoms with Gasteiger partial charge in [-0.15, -0.1) is 0 Å². The number of para-hydroxylation sites is 1. The molecular weight excluding hydrogens is 264 g/mol. The Morgan fingerprint density at radius 3 is 3.05 bits per heavy atom. The number of nitrogens with zero attached hydrogens (tertiary/aromatic N) is 2. The molecule has 1 aliphatic rings. The van der Waals surface area contributed by atoms with E-state index in [0.29, 0.717) is 23.8 Å². The summed E-state index contributed by atoms with van der Waals surface area (Å²) in [4.78, 5) is 14.3. The molecule has 1 aromatic carbocycles. The van der Waals surface area contributed by atoms with Gasteiger partial charge in [0.05, 0.1) is 17.8 Å². The van der Waals surface area contributed by atoms with Crippen molar-refractivity contribution in [2.45, 2.75) is 25.3 Å². The summed E-state index contributed by atoms with van der Waals surface area (Å²) in [6, 6.07) is 9.60. The van der Waals surface area contributed by atoms with Gasteiger partial charge in [-0.3, -0.25) is 9.69 Å². The first-order valence-corrected chi connectivity index (χ1v) is 7.40. The van der Waals surface area contributed by atoms with Crippen LogP contribution in [-0.2, 0) is 4.79 Å². The Kier molecular flexibility index (Phi) is 5.73. The van der Waals surface area contributed by atoms with E-state index in [1.165, 1.54) is 0 Å². The van der Waals surface area contributed by atoms with Gasteiger partial charge in [0.1, 0.15) is 6.07 Å². The number of likely N-dealkylation sites (N-methyl/N-ethyl adjacent to an activating group) is 1. The summed E-state index contributed by atoms with van der Waals surface area (Å²) in [5, 5.41) is 15.2. The molecule has 21 heavy (non-hydrogen) atoms. The highest BCUT2D eigenvalue weighted by molar-refractivity contribution is 5.93. The van der Waals surface area contributed by atoms with Crippen molar-refractivity contribution in [1.82, 2.24) is 10.2 Å². The lowest BCUT2D eigenvalue weighted by Crippen LogP contribution is -2.38. The van der Waals surface area contributed by atoms with Crippen molar-refractivity contribution in [3.05, 3.63) is 29.8 Å². The van der Waals surface area contributed by atoms with Crippen LogP contribution in [0, 0.1) is 11.3 Å². The van der Waals surface area contributed by atoms with E-state index in [1.54, 1.807) is 18.2 Å². The predicted octanol–water partition coefficient (Wildman–Crippen LogP) is 1.57. The van der Waals surface area contributed by atoms with E-state index in [0.717, 1.165) is 32.4 Å². The Balaban J connectivity index is 1.90. The average molecular weight is 286 g/mol. The molecule has 0 spiro atoms. The maximum Gasteiger partial charge on any atom is 0.238 e. The Morgan fingerprint density at radius 2 is 2.24 bits per heavy atom. The Labute approximate surface area is 125 Å². The molecule has 1 unspecified atom stereocenters. The summed E-state index contributed by atoms with van der Waals surface area (Å²) < 4.78 is 0. The van der Waals surface area contributed by atoms with Gasteiger partial charge in [-0.25, -0.2) is 0 Å². The number of hydrogen-bond donors (Lipinski definition) is 2. The van der Waals surface area contributed by atoms with Gasteiger partial charge in [0.2, 0.25) is 5.91 Å². The zero-order chi connectivity index (χ0) is 15.1. The molecule has 0 bridgehead atoms. The monoisotopic (exact) mass is 286 g/mol. The highest BCUT2D eigenvalue weighted by Gasteiger charge is 2.19. The molecule has 112 valence electrons. The first-order valence-electron chi connectivity index (χ1n) is 7.40. The van der Waals surface area contributed by atoms with Gasteiger partial charge in [0, 0.05) is 6.04 Å². The number of amides is 1. The largest absolute Gasteiger partial charge is 0.324 e. The minimum absolute atomic E-state index is 0.0718. The van der Waals surface area contributed by atoms with Gasteiger partial charge >= 0.3 is 0 Å². The molecule has 1 heterocycles. The maximum absolute atomic E-state index is 12.1. The maximum atomic E-state index is 12.1. The lowest BCUT2D eigenvalue weighted by Gasteiger charge is -2.26. The van der Waals surface area contributed by atoms with Crippen molar-refractivity contribution in [3.63, 3.8) is 0 Å². The molecule has 2 N–H and O–H groups in total. The molecule has 5 nitrogen and oxygen atoms in total. The van der Waals surface area contributed by atoms with Crippen LogP contribution in [0.5, 0.6) is 0 Å². The summed E-state index contributed by atoms with van der Waals surface area (Å²) in [6.45, 7) is 2.42. The van der Waals surface area contributed by atoms with E-state index in [-0.39, 0.29) is 5.91 Å². The van der Waals surface area contributed by atoms with Crippen LogP contribution < -0.4 is 10.6 Å². The first-order chi connectivity index (χ1) is 10.2. The third-order valence-electron chi connectivity index (χ3n) is 3.88. The van der Waals surface area contributed by atoms with E-state index in [2.05, 4.69) is 21.6 Å². The van der Waals surface area contributed by atoms with Crippen molar-refractivity contribution in [3.8, 4) is 6.07 Å². The van der Waals surface area contributed by atoms with Crippen molar-refractivity contribution in [1.29, 1.82) is 5.26 Å². The lowest BCUT2D eigenvalue weighted by atomic mass is 10.1. The van der Waals surface area contributed by atoms with Crippen LogP contribution in [0.15, 0.2) is 24.3 Å². The molecule has 1 atom stereocenters. The molecule has 1 saturated heterocycles. The van der Waals surface area contributed by atoms with Gasteiger partial charge in [-0.1, -0.05) is 12.1 Å². The fourth-order valence-electron chi connectivity index (χ4n) is 2.68. The second kappa shape index (κ2) is 7.77. The molecule has 0 radical (unpaired) electrons. The SMILES string of the molecule is CN(CC(=O)Nc1ccccc1C#N)C1CCCNCC1. The summed E-state index contributed by atoms with van der Waals surface area (Å²) >= 11 is 0. The lowest BCUT2D eigenvalue weighted by molar-refractivity contribution is -0.117. The smallest absolute Gasteiger partial charge is 0.238 e. The number of hydrogen-bond acceptors (Lipinski definition) is 4. The van der Waals surface area contributed by atoms with Crippen LogP contribution in [0.4, 0.5) is 5.69 Å². The third-order valence-corrected chi connectivity index (χ3v) is 3.88. The van der Waals surface area contributed by atoms with Crippen molar-refractivity contribution >= 4 is 11.6 Å². The minimum atomic E-state index is -0.0718. The second-order valence-corrected chi connectivity index (χ2v) is 5.46. The van der Waals surface area contributed by atoms with E-state index < -0.39 is 0 Å². The molecule has 1 fully saturated rings. The number of benzene rings is 1. The number of nitrogens with one attached hydrogen (secondary N) is 2. The molecule has 1 amide bonds. The minimum Gasteiger partial charge on any atom is -0.324 e. The number of carbonyl (C=O) groups is 1.